The van der Waals surface area contributed by atoms with E-state index in [4.69, 9.17) is 4.74 Å². The standard InChI is InChI=1S/C20H33N3O3S.HI/c1-4-18(16-27(24,25)19-8-6-5-7-9-19)22-20(21-2)23(3)13-10-17-11-14-26-15-12-17;/h5-9,17-18H,4,10-16H2,1-3H3,(H,21,22);1H. The second kappa shape index (κ2) is 12.6. The van der Waals surface area contributed by atoms with Crippen molar-refractivity contribution in [1.82, 2.24) is 10.2 Å². The van der Waals surface area contributed by atoms with E-state index in [-0.39, 0.29) is 35.8 Å². The van der Waals surface area contributed by atoms with Crippen LogP contribution in [0.2, 0.25) is 0 Å². The SMILES string of the molecule is CCC(CS(=O)(=O)c1ccccc1)NC(=NC)N(C)CCC1CCOCC1.I. The maximum absolute atomic E-state index is 12.7. The number of hydrogen-bond donors (Lipinski definition) is 1. The minimum absolute atomic E-state index is 0. The normalized spacial score (nSPS) is 16.9. The smallest absolute Gasteiger partial charge is 0.193 e. The van der Waals surface area contributed by atoms with Gasteiger partial charge in [-0.3, -0.25) is 4.99 Å². The van der Waals surface area contributed by atoms with Crippen LogP contribution in [0.3, 0.4) is 0 Å². The number of sulfone groups is 1. The molecule has 1 aliphatic rings. The maximum Gasteiger partial charge on any atom is 0.193 e. The molecular formula is C20H34IN3O3S. The van der Waals surface area contributed by atoms with Crippen LogP contribution in [0.25, 0.3) is 0 Å². The average molecular weight is 523 g/mol. The Balaban J connectivity index is 0.00000392. The zero-order valence-electron chi connectivity index (χ0n) is 17.1. The summed E-state index contributed by atoms with van der Waals surface area (Å²) in [7, 11) is 0.418. The first-order valence-electron chi connectivity index (χ1n) is 9.76. The molecule has 1 unspecified atom stereocenters. The van der Waals surface area contributed by atoms with Crippen molar-refractivity contribution in [3.63, 3.8) is 0 Å². The number of nitrogens with one attached hydrogen (secondary N) is 1. The monoisotopic (exact) mass is 523 g/mol. The Morgan fingerprint density at radius 2 is 1.93 bits per heavy atom. The molecule has 6 nitrogen and oxygen atoms in total. The quantitative estimate of drug-likeness (QED) is 0.322. The summed E-state index contributed by atoms with van der Waals surface area (Å²) in [5.74, 6) is 1.50. The lowest BCUT2D eigenvalue weighted by atomic mass is 9.96. The largest absolute Gasteiger partial charge is 0.381 e. The van der Waals surface area contributed by atoms with Gasteiger partial charge >= 0.3 is 0 Å². The van der Waals surface area contributed by atoms with Crippen molar-refractivity contribution >= 4 is 39.8 Å². The maximum atomic E-state index is 12.7. The minimum Gasteiger partial charge on any atom is -0.381 e. The summed E-state index contributed by atoms with van der Waals surface area (Å²) in [6.07, 6.45) is 4.04. The Morgan fingerprint density at radius 1 is 1.29 bits per heavy atom. The molecule has 0 amide bonds. The first-order chi connectivity index (χ1) is 13.0. The Morgan fingerprint density at radius 3 is 2.50 bits per heavy atom. The lowest BCUT2D eigenvalue weighted by Gasteiger charge is -2.29. The van der Waals surface area contributed by atoms with Gasteiger partial charge in [-0.05, 0) is 43.7 Å². The summed E-state index contributed by atoms with van der Waals surface area (Å²) < 4.78 is 30.8. The molecule has 1 aliphatic heterocycles. The molecule has 1 atom stereocenters. The first kappa shape index (κ1) is 25.2. The van der Waals surface area contributed by atoms with Crippen molar-refractivity contribution in [3.8, 4) is 0 Å². The highest BCUT2D eigenvalue weighted by Gasteiger charge is 2.22. The molecule has 1 aromatic rings. The number of aliphatic imine (C=N–C) groups is 1. The molecular weight excluding hydrogens is 489 g/mol. The highest BCUT2D eigenvalue weighted by molar-refractivity contribution is 14.0. The van der Waals surface area contributed by atoms with Gasteiger partial charge in [0.25, 0.3) is 0 Å². The predicted octanol–water partition coefficient (Wildman–Crippen LogP) is 3.18. The van der Waals surface area contributed by atoms with Crippen LogP contribution in [0.5, 0.6) is 0 Å². The number of halogens is 1. The number of benzene rings is 1. The third-order valence-electron chi connectivity index (χ3n) is 5.14. The predicted molar refractivity (Wildman–Crippen MR) is 125 cm³/mol. The van der Waals surface area contributed by atoms with Crippen molar-refractivity contribution in [3.05, 3.63) is 30.3 Å². The molecule has 0 bridgehead atoms. The molecule has 1 heterocycles. The zero-order valence-corrected chi connectivity index (χ0v) is 20.3. The molecule has 28 heavy (non-hydrogen) atoms. The lowest BCUT2D eigenvalue weighted by molar-refractivity contribution is 0.0625. The van der Waals surface area contributed by atoms with Crippen LogP contribution < -0.4 is 5.32 Å². The number of ether oxygens (including phenoxy) is 1. The fourth-order valence-electron chi connectivity index (χ4n) is 3.30. The Labute approximate surface area is 187 Å². The third-order valence-corrected chi connectivity index (χ3v) is 6.97. The number of rotatable bonds is 8. The van der Waals surface area contributed by atoms with Crippen molar-refractivity contribution in [2.24, 2.45) is 10.9 Å². The topological polar surface area (TPSA) is 71.0 Å². The number of guanidine groups is 1. The summed E-state index contributed by atoms with van der Waals surface area (Å²) in [6, 6.07) is 8.45. The van der Waals surface area contributed by atoms with Gasteiger partial charge in [0, 0.05) is 39.9 Å². The zero-order chi connectivity index (χ0) is 19.7. The van der Waals surface area contributed by atoms with Crippen LogP contribution in [0.15, 0.2) is 40.2 Å². The first-order valence-corrected chi connectivity index (χ1v) is 11.4. The Bertz CT molecular complexity index is 692. The van der Waals surface area contributed by atoms with Gasteiger partial charge in [-0.2, -0.15) is 0 Å². The van der Waals surface area contributed by atoms with Gasteiger partial charge in [-0.25, -0.2) is 8.42 Å². The van der Waals surface area contributed by atoms with Crippen LogP contribution in [-0.2, 0) is 14.6 Å². The third kappa shape index (κ3) is 7.87. The molecule has 1 fully saturated rings. The van der Waals surface area contributed by atoms with Gasteiger partial charge < -0.3 is 15.0 Å². The molecule has 1 saturated heterocycles. The van der Waals surface area contributed by atoms with Gasteiger partial charge in [0.1, 0.15) is 0 Å². The fraction of sp³-hybridized carbons (Fsp3) is 0.650. The van der Waals surface area contributed by atoms with E-state index in [1.54, 1.807) is 31.3 Å². The summed E-state index contributed by atoms with van der Waals surface area (Å²) in [6.45, 7) is 4.60. The Hall–Kier alpha value is -0.870. The summed E-state index contributed by atoms with van der Waals surface area (Å²) >= 11 is 0. The van der Waals surface area contributed by atoms with E-state index in [1.807, 2.05) is 20.0 Å². The van der Waals surface area contributed by atoms with Crippen LogP contribution in [0.4, 0.5) is 0 Å². The summed E-state index contributed by atoms with van der Waals surface area (Å²) in [4.78, 5) is 6.81. The van der Waals surface area contributed by atoms with E-state index >= 15 is 0 Å². The highest BCUT2D eigenvalue weighted by Crippen LogP contribution is 2.18. The van der Waals surface area contributed by atoms with E-state index in [9.17, 15) is 8.42 Å². The van der Waals surface area contributed by atoms with Gasteiger partial charge in [-0.15, -0.1) is 24.0 Å². The molecule has 0 saturated carbocycles. The van der Waals surface area contributed by atoms with Crippen molar-refractivity contribution in [2.75, 3.05) is 39.6 Å². The highest BCUT2D eigenvalue weighted by atomic mass is 127. The van der Waals surface area contributed by atoms with Gasteiger partial charge in [0.15, 0.2) is 15.8 Å². The lowest BCUT2D eigenvalue weighted by Crippen LogP contribution is -2.47. The molecule has 0 spiro atoms. The van der Waals surface area contributed by atoms with Crippen molar-refractivity contribution in [2.45, 2.75) is 43.5 Å². The van der Waals surface area contributed by atoms with E-state index in [0.717, 1.165) is 45.0 Å². The minimum atomic E-state index is -3.33. The molecule has 0 aliphatic carbocycles. The summed E-state index contributed by atoms with van der Waals surface area (Å²) in [5, 5.41) is 3.34. The molecule has 8 heteroatoms. The summed E-state index contributed by atoms with van der Waals surface area (Å²) in [5.41, 5.74) is 0. The fourth-order valence-corrected chi connectivity index (χ4v) is 4.91. The molecule has 2 rings (SSSR count). The molecule has 1 N–H and O–H groups in total. The van der Waals surface area contributed by atoms with Crippen molar-refractivity contribution in [1.29, 1.82) is 0 Å². The van der Waals surface area contributed by atoms with Crippen LogP contribution >= 0.6 is 24.0 Å². The molecule has 160 valence electrons. The van der Waals surface area contributed by atoms with Gasteiger partial charge in [-0.1, -0.05) is 25.1 Å². The van der Waals surface area contributed by atoms with Crippen LogP contribution in [-0.4, -0.2) is 64.9 Å². The Kier molecular flexibility index (Phi) is 11.4. The molecule has 1 aromatic carbocycles. The van der Waals surface area contributed by atoms with E-state index in [0.29, 0.717) is 17.2 Å². The van der Waals surface area contributed by atoms with E-state index < -0.39 is 9.84 Å². The number of hydrogen-bond acceptors (Lipinski definition) is 4. The average Bonchev–Trinajstić information content (AvgIpc) is 2.70. The molecule has 0 radical (unpaired) electrons. The second-order valence-corrected chi connectivity index (χ2v) is 9.19. The van der Waals surface area contributed by atoms with Gasteiger partial charge in [0.2, 0.25) is 0 Å². The molecule has 0 aromatic heterocycles. The van der Waals surface area contributed by atoms with Crippen LogP contribution in [0, 0.1) is 5.92 Å². The second-order valence-electron chi connectivity index (χ2n) is 7.16. The van der Waals surface area contributed by atoms with Crippen LogP contribution in [0.1, 0.15) is 32.6 Å². The number of nitrogens with zero attached hydrogens (tertiary/aromatic N) is 2. The van der Waals surface area contributed by atoms with Gasteiger partial charge in [0.05, 0.1) is 10.6 Å². The van der Waals surface area contributed by atoms with E-state index in [1.165, 1.54) is 0 Å². The van der Waals surface area contributed by atoms with Crippen molar-refractivity contribution < 1.29 is 13.2 Å². The van der Waals surface area contributed by atoms with E-state index in [2.05, 4.69) is 15.2 Å².